The van der Waals surface area contributed by atoms with Gasteiger partial charge in [0.2, 0.25) is 5.91 Å². The standard InChI is InChI=1S/C20H21N3O2/c24-20(12-11-19-21-16-7-2-3-8-17(16)22-19)23-15-9-5-13-25-18-10-4-1-6-14(15)18/h1-4,6-8,10,15H,5,9,11-13H2,(H,21,22)(H,23,24). The molecule has 25 heavy (non-hydrogen) atoms. The molecule has 128 valence electrons. The predicted octanol–water partition coefficient (Wildman–Crippen LogP) is 3.53. The van der Waals surface area contributed by atoms with Gasteiger partial charge < -0.3 is 15.0 Å². The van der Waals surface area contributed by atoms with Gasteiger partial charge in [-0.1, -0.05) is 30.3 Å². The number of para-hydroxylation sites is 3. The molecule has 1 aliphatic heterocycles. The maximum atomic E-state index is 12.4. The van der Waals surface area contributed by atoms with Crippen LogP contribution in [0.15, 0.2) is 48.5 Å². The summed E-state index contributed by atoms with van der Waals surface area (Å²) < 4.78 is 5.76. The number of imidazole rings is 1. The Morgan fingerprint density at radius 2 is 2.04 bits per heavy atom. The van der Waals surface area contributed by atoms with Crippen molar-refractivity contribution < 1.29 is 9.53 Å². The van der Waals surface area contributed by atoms with Gasteiger partial charge in [-0.15, -0.1) is 0 Å². The average Bonchev–Trinajstić information content (AvgIpc) is 2.95. The zero-order valence-electron chi connectivity index (χ0n) is 14.0. The fourth-order valence-electron chi connectivity index (χ4n) is 3.30. The first-order valence-corrected chi connectivity index (χ1v) is 8.74. The van der Waals surface area contributed by atoms with E-state index in [1.54, 1.807) is 0 Å². The predicted molar refractivity (Wildman–Crippen MR) is 96.5 cm³/mol. The molecule has 0 bridgehead atoms. The van der Waals surface area contributed by atoms with Crippen molar-refractivity contribution >= 4 is 16.9 Å². The van der Waals surface area contributed by atoms with E-state index in [0.717, 1.165) is 41.0 Å². The van der Waals surface area contributed by atoms with Crippen LogP contribution >= 0.6 is 0 Å². The Balaban J connectivity index is 1.40. The largest absolute Gasteiger partial charge is 0.493 e. The van der Waals surface area contributed by atoms with Gasteiger partial charge in [-0.2, -0.15) is 0 Å². The number of aromatic nitrogens is 2. The molecule has 2 aromatic carbocycles. The van der Waals surface area contributed by atoms with Crippen LogP contribution in [0.3, 0.4) is 0 Å². The van der Waals surface area contributed by atoms with Gasteiger partial charge in [0.05, 0.1) is 23.7 Å². The molecule has 0 saturated heterocycles. The number of hydrogen-bond acceptors (Lipinski definition) is 3. The number of amides is 1. The summed E-state index contributed by atoms with van der Waals surface area (Å²) in [4.78, 5) is 20.2. The first-order chi connectivity index (χ1) is 12.3. The summed E-state index contributed by atoms with van der Waals surface area (Å²) in [5.74, 6) is 1.77. The number of H-pyrrole nitrogens is 1. The Bertz CT molecular complexity index is 854. The van der Waals surface area contributed by atoms with Crippen LogP contribution in [0.2, 0.25) is 0 Å². The molecular formula is C20H21N3O2. The molecule has 2 heterocycles. The van der Waals surface area contributed by atoms with E-state index < -0.39 is 0 Å². The lowest BCUT2D eigenvalue weighted by Gasteiger charge is -2.18. The quantitative estimate of drug-likeness (QED) is 0.766. The third-order valence-electron chi connectivity index (χ3n) is 4.55. The van der Waals surface area contributed by atoms with Crippen molar-refractivity contribution in [2.75, 3.05) is 6.61 Å². The molecule has 5 heteroatoms. The van der Waals surface area contributed by atoms with Gasteiger partial charge >= 0.3 is 0 Å². The topological polar surface area (TPSA) is 67.0 Å². The average molecular weight is 335 g/mol. The summed E-state index contributed by atoms with van der Waals surface area (Å²) in [5, 5.41) is 3.16. The summed E-state index contributed by atoms with van der Waals surface area (Å²) in [7, 11) is 0. The van der Waals surface area contributed by atoms with E-state index in [4.69, 9.17) is 4.74 Å². The number of carbonyl (C=O) groups excluding carboxylic acids is 1. The molecule has 0 fully saturated rings. The number of hydrogen-bond donors (Lipinski definition) is 2. The van der Waals surface area contributed by atoms with Crippen LogP contribution in [0.1, 0.15) is 36.7 Å². The Kier molecular flexibility index (Phi) is 4.37. The second-order valence-electron chi connectivity index (χ2n) is 6.35. The zero-order chi connectivity index (χ0) is 17.1. The van der Waals surface area contributed by atoms with Crippen molar-refractivity contribution in [1.29, 1.82) is 0 Å². The second kappa shape index (κ2) is 6.97. The highest BCUT2D eigenvalue weighted by atomic mass is 16.5. The molecular weight excluding hydrogens is 314 g/mol. The van der Waals surface area contributed by atoms with Gasteiger partial charge in [-0.25, -0.2) is 4.98 Å². The molecule has 1 atom stereocenters. The number of nitrogens with zero attached hydrogens (tertiary/aromatic N) is 1. The van der Waals surface area contributed by atoms with Crippen LogP contribution in [-0.4, -0.2) is 22.5 Å². The van der Waals surface area contributed by atoms with E-state index >= 15 is 0 Å². The maximum absolute atomic E-state index is 12.4. The first-order valence-electron chi connectivity index (χ1n) is 8.74. The number of benzene rings is 2. The van der Waals surface area contributed by atoms with E-state index in [1.165, 1.54) is 0 Å². The molecule has 2 N–H and O–H groups in total. The minimum absolute atomic E-state index is 0.0156. The van der Waals surface area contributed by atoms with Gasteiger partial charge in [-0.05, 0) is 31.0 Å². The molecule has 1 amide bonds. The molecule has 0 radical (unpaired) electrons. The van der Waals surface area contributed by atoms with E-state index in [2.05, 4.69) is 15.3 Å². The SMILES string of the molecule is O=C(CCc1nc2ccccc2[nH]1)NC1CCCOc2ccccc21. The van der Waals surface area contributed by atoms with Crippen LogP contribution in [0, 0.1) is 0 Å². The lowest BCUT2D eigenvalue weighted by molar-refractivity contribution is -0.121. The van der Waals surface area contributed by atoms with Crippen molar-refractivity contribution in [2.24, 2.45) is 0 Å². The molecule has 1 aromatic heterocycles. The minimum Gasteiger partial charge on any atom is -0.493 e. The van der Waals surface area contributed by atoms with Crippen LogP contribution in [0.5, 0.6) is 5.75 Å². The highest BCUT2D eigenvalue weighted by Crippen LogP contribution is 2.31. The monoisotopic (exact) mass is 335 g/mol. The number of nitrogens with one attached hydrogen (secondary N) is 2. The smallest absolute Gasteiger partial charge is 0.220 e. The number of aryl methyl sites for hydroxylation is 1. The normalized spacial score (nSPS) is 16.7. The Morgan fingerprint density at radius 3 is 2.96 bits per heavy atom. The van der Waals surface area contributed by atoms with Crippen LogP contribution < -0.4 is 10.1 Å². The van der Waals surface area contributed by atoms with Crippen molar-refractivity contribution in [3.63, 3.8) is 0 Å². The number of aromatic amines is 1. The Labute approximate surface area is 146 Å². The first kappa shape index (κ1) is 15.7. The fourth-order valence-corrected chi connectivity index (χ4v) is 3.30. The summed E-state index contributed by atoms with van der Waals surface area (Å²) >= 11 is 0. The van der Waals surface area contributed by atoms with Gasteiger partial charge in [0.25, 0.3) is 0 Å². The van der Waals surface area contributed by atoms with Crippen LogP contribution in [0.4, 0.5) is 0 Å². The third-order valence-corrected chi connectivity index (χ3v) is 4.55. The highest BCUT2D eigenvalue weighted by Gasteiger charge is 2.21. The third kappa shape index (κ3) is 3.50. The molecule has 1 aliphatic rings. The second-order valence-corrected chi connectivity index (χ2v) is 6.35. The van der Waals surface area contributed by atoms with Crippen LogP contribution in [0.25, 0.3) is 11.0 Å². The lowest BCUT2D eigenvalue weighted by atomic mass is 10.0. The maximum Gasteiger partial charge on any atom is 0.220 e. The van der Waals surface area contributed by atoms with Crippen molar-refractivity contribution in [2.45, 2.75) is 31.7 Å². The number of carbonyl (C=O) groups is 1. The highest BCUT2D eigenvalue weighted by molar-refractivity contribution is 5.77. The summed E-state index contributed by atoms with van der Waals surface area (Å²) in [6.45, 7) is 0.697. The van der Waals surface area contributed by atoms with Crippen molar-refractivity contribution in [3.05, 3.63) is 59.9 Å². The Hall–Kier alpha value is -2.82. The Morgan fingerprint density at radius 1 is 1.20 bits per heavy atom. The van der Waals surface area contributed by atoms with E-state index in [9.17, 15) is 4.79 Å². The number of ether oxygens (including phenoxy) is 1. The molecule has 1 unspecified atom stereocenters. The van der Waals surface area contributed by atoms with E-state index in [-0.39, 0.29) is 11.9 Å². The molecule has 5 nitrogen and oxygen atoms in total. The number of fused-ring (bicyclic) bond motifs is 2. The fraction of sp³-hybridized carbons (Fsp3) is 0.300. The lowest BCUT2D eigenvalue weighted by Crippen LogP contribution is -2.28. The van der Waals surface area contributed by atoms with Gasteiger partial charge in [-0.3, -0.25) is 4.79 Å². The minimum atomic E-state index is 0.0156. The molecule has 0 aliphatic carbocycles. The van der Waals surface area contributed by atoms with Gasteiger partial charge in [0, 0.05) is 18.4 Å². The molecule has 4 rings (SSSR count). The zero-order valence-corrected chi connectivity index (χ0v) is 14.0. The van der Waals surface area contributed by atoms with E-state index in [1.807, 2.05) is 48.5 Å². The molecule has 0 saturated carbocycles. The van der Waals surface area contributed by atoms with E-state index in [0.29, 0.717) is 19.4 Å². The van der Waals surface area contributed by atoms with Gasteiger partial charge in [0.1, 0.15) is 11.6 Å². The summed E-state index contributed by atoms with van der Waals surface area (Å²) in [6.07, 6.45) is 2.85. The van der Waals surface area contributed by atoms with Crippen LogP contribution in [-0.2, 0) is 11.2 Å². The van der Waals surface area contributed by atoms with Gasteiger partial charge in [0.15, 0.2) is 0 Å². The molecule has 3 aromatic rings. The van der Waals surface area contributed by atoms with Crippen molar-refractivity contribution in [1.82, 2.24) is 15.3 Å². The number of rotatable bonds is 4. The molecule has 0 spiro atoms. The summed E-state index contributed by atoms with van der Waals surface area (Å²) in [6, 6.07) is 15.9. The summed E-state index contributed by atoms with van der Waals surface area (Å²) in [5.41, 5.74) is 3.01. The van der Waals surface area contributed by atoms with Crippen molar-refractivity contribution in [3.8, 4) is 5.75 Å².